The molecule has 0 saturated carbocycles. The first-order valence-corrected chi connectivity index (χ1v) is 5.87. The standard InChI is InChI=1S/C8H19NO2S/c1-7(10)4-5-9-6-8(2)12(3)11/h7-10H,4-6H2,1-3H3. The van der Waals surface area contributed by atoms with Gasteiger partial charge in [-0.05, 0) is 26.8 Å². The van der Waals surface area contributed by atoms with E-state index in [0.717, 1.165) is 19.5 Å². The molecule has 0 heterocycles. The summed E-state index contributed by atoms with van der Waals surface area (Å²) in [4.78, 5) is 0. The van der Waals surface area contributed by atoms with E-state index in [1.54, 1.807) is 13.2 Å². The van der Waals surface area contributed by atoms with Gasteiger partial charge in [0.25, 0.3) is 0 Å². The lowest BCUT2D eigenvalue weighted by Crippen LogP contribution is -2.29. The van der Waals surface area contributed by atoms with Crippen molar-refractivity contribution in [2.45, 2.75) is 31.6 Å². The number of hydrogen-bond donors (Lipinski definition) is 2. The Labute approximate surface area is 77.0 Å². The van der Waals surface area contributed by atoms with Crippen LogP contribution < -0.4 is 5.32 Å². The molecule has 3 atom stereocenters. The van der Waals surface area contributed by atoms with Gasteiger partial charge in [-0.2, -0.15) is 0 Å². The van der Waals surface area contributed by atoms with E-state index in [2.05, 4.69) is 5.32 Å². The highest BCUT2D eigenvalue weighted by Gasteiger charge is 2.04. The van der Waals surface area contributed by atoms with Gasteiger partial charge >= 0.3 is 0 Å². The van der Waals surface area contributed by atoms with Crippen molar-refractivity contribution in [1.29, 1.82) is 0 Å². The predicted molar refractivity (Wildman–Crippen MR) is 52.7 cm³/mol. The monoisotopic (exact) mass is 193 g/mol. The maximum atomic E-state index is 10.9. The fourth-order valence-electron chi connectivity index (χ4n) is 0.734. The van der Waals surface area contributed by atoms with E-state index in [4.69, 9.17) is 5.11 Å². The third kappa shape index (κ3) is 6.76. The molecule has 12 heavy (non-hydrogen) atoms. The third-order valence-electron chi connectivity index (χ3n) is 1.74. The molecule has 0 fully saturated rings. The topological polar surface area (TPSA) is 49.3 Å². The highest BCUT2D eigenvalue weighted by Crippen LogP contribution is 1.91. The molecule has 0 radical (unpaired) electrons. The van der Waals surface area contributed by atoms with Crippen molar-refractivity contribution < 1.29 is 9.32 Å². The van der Waals surface area contributed by atoms with E-state index in [1.807, 2.05) is 6.92 Å². The van der Waals surface area contributed by atoms with Crippen LogP contribution >= 0.6 is 0 Å². The Balaban J connectivity index is 3.25. The zero-order valence-electron chi connectivity index (χ0n) is 8.04. The number of aliphatic hydroxyl groups is 1. The highest BCUT2D eigenvalue weighted by atomic mass is 32.2. The van der Waals surface area contributed by atoms with Crippen LogP contribution in [-0.2, 0) is 10.8 Å². The fraction of sp³-hybridized carbons (Fsp3) is 1.00. The number of hydrogen-bond acceptors (Lipinski definition) is 3. The lowest BCUT2D eigenvalue weighted by Gasteiger charge is -2.10. The third-order valence-corrected chi connectivity index (χ3v) is 3.04. The van der Waals surface area contributed by atoms with Crippen LogP contribution in [0.15, 0.2) is 0 Å². The van der Waals surface area contributed by atoms with Crippen molar-refractivity contribution in [1.82, 2.24) is 5.32 Å². The summed E-state index contributed by atoms with van der Waals surface area (Å²) in [6, 6.07) is 0. The summed E-state index contributed by atoms with van der Waals surface area (Å²) >= 11 is 0. The molecule has 74 valence electrons. The molecule has 0 aliphatic heterocycles. The highest BCUT2D eigenvalue weighted by molar-refractivity contribution is 7.84. The van der Waals surface area contributed by atoms with Gasteiger partial charge in [0, 0.05) is 28.9 Å². The minimum Gasteiger partial charge on any atom is -0.393 e. The Morgan fingerprint density at radius 3 is 2.50 bits per heavy atom. The van der Waals surface area contributed by atoms with E-state index < -0.39 is 10.8 Å². The summed E-state index contributed by atoms with van der Waals surface area (Å²) in [5.41, 5.74) is 0. The molecule has 0 aliphatic rings. The van der Waals surface area contributed by atoms with Crippen molar-refractivity contribution in [2.24, 2.45) is 0 Å². The molecule has 3 nitrogen and oxygen atoms in total. The largest absolute Gasteiger partial charge is 0.393 e. The van der Waals surface area contributed by atoms with Gasteiger partial charge in [0.1, 0.15) is 0 Å². The van der Waals surface area contributed by atoms with Crippen LogP contribution in [0, 0.1) is 0 Å². The summed E-state index contributed by atoms with van der Waals surface area (Å²) in [7, 11) is -0.749. The van der Waals surface area contributed by atoms with Crippen LogP contribution in [0.4, 0.5) is 0 Å². The van der Waals surface area contributed by atoms with Gasteiger partial charge in [0.2, 0.25) is 0 Å². The first-order valence-electron chi connectivity index (χ1n) is 4.25. The van der Waals surface area contributed by atoms with Gasteiger partial charge in [-0.3, -0.25) is 4.21 Å². The Bertz CT molecular complexity index is 139. The van der Waals surface area contributed by atoms with Gasteiger partial charge in [0.05, 0.1) is 6.10 Å². The van der Waals surface area contributed by atoms with E-state index >= 15 is 0 Å². The summed E-state index contributed by atoms with van der Waals surface area (Å²) in [6.07, 6.45) is 2.21. The average Bonchev–Trinajstić information content (AvgIpc) is 1.97. The Kier molecular flexibility index (Phi) is 6.61. The van der Waals surface area contributed by atoms with E-state index in [9.17, 15) is 4.21 Å². The molecule has 0 aromatic carbocycles. The van der Waals surface area contributed by atoms with E-state index in [-0.39, 0.29) is 11.4 Å². The molecule has 0 saturated heterocycles. The number of nitrogens with one attached hydrogen (secondary N) is 1. The average molecular weight is 193 g/mol. The van der Waals surface area contributed by atoms with Crippen LogP contribution in [0.25, 0.3) is 0 Å². The molecule has 0 aliphatic carbocycles. The van der Waals surface area contributed by atoms with Crippen LogP contribution in [0.1, 0.15) is 20.3 Å². The van der Waals surface area contributed by atoms with Gasteiger partial charge in [-0.1, -0.05) is 0 Å². The molecule has 3 unspecified atom stereocenters. The molecular formula is C8H19NO2S. The molecule has 0 bridgehead atoms. The SMILES string of the molecule is CC(O)CCNCC(C)S(C)=O. The van der Waals surface area contributed by atoms with Crippen LogP contribution in [0.5, 0.6) is 0 Å². The van der Waals surface area contributed by atoms with E-state index in [1.165, 1.54) is 0 Å². The quantitative estimate of drug-likeness (QED) is 0.589. The second-order valence-electron chi connectivity index (χ2n) is 3.15. The van der Waals surface area contributed by atoms with Crippen molar-refractivity contribution >= 4 is 10.8 Å². The molecule has 0 spiro atoms. The van der Waals surface area contributed by atoms with Gasteiger partial charge < -0.3 is 10.4 Å². The van der Waals surface area contributed by atoms with Crippen molar-refractivity contribution in [2.75, 3.05) is 19.3 Å². The lowest BCUT2D eigenvalue weighted by molar-refractivity contribution is 0.184. The van der Waals surface area contributed by atoms with Gasteiger partial charge in [0.15, 0.2) is 0 Å². The van der Waals surface area contributed by atoms with Crippen LogP contribution in [0.3, 0.4) is 0 Å². The van der Waals surface area contributed by atoms with Crippen LogP contribution in [0.2, 0.25) is 0 Å². The van der Waals surface area contributed by atoms with Crippen molar-refractivity contribution in [3.8, 4) is 0 Å². The summed E-state index contributed by atoms with van der Waals surface area (Å²) < 4.78 is 10.9. The fourth-order valence-corrected chi connectivity index (χ4v) is 1.09. The van der Waals surface area contributed by atoms with E-state index in [0.29, 0.717) is 0 Å². The maximum Gasteiger partial charge on any atom is 0.0524 e. The van der Waals surface area contributed by atoms with Gasteiger partial charge in [-0.25, -0.2) is 0 Å². The normalized spacial score (nSPS) is 18.7. The Morgan fingerprint density at radius 1 is 1.50 bits per heavy atom. The summed E-state index contributed by atoms with van der Waals surface area (Å²) in [5, 5.41) is 12.3. The maximum absolute atomic E-state index is 10.9. The molecule has 0 aromatic rings. The zero-order valence-corrected chi connectivity index (χ0v) is 8.86. The minimum atomic E-state index is -0.749. The Morgan fingerprint density at radius 2 is 2.08 bits per heavy atom. The zero-order chi connectivity index (χ0) is 9.56. The van der Waals surface area contributed by atoms with Crippen LogP contribution in [-0.4, -0.2) is 40.0 Å². The molecule has 0 amide bonds. The van der Waals surface area contributed by atoms with Gasteiger partial charge in [-0.15, -0.1) is 0 Å². The Hall–Kier alpha value is 0.0700. The first kappa shape index (κ1) is 12.1. The van der Waals surface area contributed by atoms with Crippen molar-refractivity contribution in [3.05, 3.63) is 0 Å². The predicted octanol–water partition coefficient (Wildman–Crippen LogP) is 0.114. The van der Waals surface area contributed by atoms with Crippen molar-refractivity contribution in [3.63, 3.8) is 0 Å². The first-order chi connectivity index (χ1) is 5.54. The number of rotatable bonds is 6. The second kappa shape index (κ2) is 6.57. The lowest BCUT2D eigenvalue weighted by atomic mass is 10.3. The molecular weight excluding hydrogens is 174 g/mol. The minimum absolute atomic E-state index is 0.194. The molecule has 0 rings (SSSR count). The molecule has 0 aromatic heterocycles. The number of aliphatic hydroxyl groups excluding tert-OH is 1. The second-order valence-corrected chi connectivity index (χ2v) is 4.95. The summed E-state index contributed by atoms with van der Waals surface area (Å²) in [6.45, 7) is 5.27. The molecule has 2 N–H and O–H groups in total. The summed E-state index contributed by atoms with van der Waals surface area (Å²) in [5.74, 6) is 0. The smallest absolute Gasteiger partial charge is 0.0524 e. The molecule has 4 heteroatoms.